The SMILES string of the molecule is COC(=O)NC1CCN(Cc2ccc(C(=O)O)o2)C1. The number of nitrogens with zero attached hydrogens (tertiary/aromatic N) is 1. The zero-order valence-corrected chi connectivity index (χ0v) is 10.6. The van der Waals surface area contributed by atoms with E-state index in [1.54, 1.807) is 6.07 Å². The number of amides is 1. The van der Waals surface area contributed by atoms with Gasteiger partial charge in [-0.2, -0.15) is 0 Å². The Labute approximate surface area is 110 Å². The standard InChI is InChI=1S/C12H16N2O5/c1-18-12(17)13-8-4-5-14(6-8)7-9-2-3-10(19-9)11(15)16/h2-3,8H,4-7H2,1H3,(H,13,17)(H,15,16). The van der Waals surface area contributed by atoms with Gasteiger partial charge in [-0.25, -0.2) is 9.59 Å². The molecule has 0 aromatic carbocycles. The summed E-state index contributed by atoms with van der Waals surface area (Å²) < 4.78 is 9.73. The van der Waals surface area contributed by atoms with E-state index in [0.717, 1.165) is 13.0 Å². The minimum atomic E-state index is -1.07. The molecular weight excluding hydrogens is 252 g/mol. The molecule has 1 aliphatic rings. The van der Waals surface area contributed by atoms with Crippen LogP contribution in [0.15, 0.2) is 16.5 Å². The minimum absolute atomic E-state index is 0.0568. The quantitative estimate of drug-likeness (QED) is 0.843. The second-order valence-corrected chi connectivity index (χ2v) is 4.43. The summed E-state index contributed by atoms with van der Waals surface area (Å²) in [7, 11) is 1.33. The summed E-state index contributed by atoms with van der Waals surface area (Å²) in [5.74, 6) is -0.521. The fraction of sp³-hybridized carbons (Fsp3) is 0.500. The van der Waals surface area contributed by atoms with Crippen LogP contribution in [-0.4, -0.2) is 48.3 Å². The third kappa shape index (κ3) is 3.47. The Bertz CT molecular complexity index is 470. The summed E-state index contributed by atoms with van der Waals surface area (Å²) in [4.78, 5) is 23.9. The number of carbonyl (C=O) groups is 2. The zero-order chi connectivity index (χ0) is 13.8. The van der Waals surface area contributed by atoms with Crippen molar-refractivity contribution in [2.75, 3.05) is 20.2 Å². The Morgan fingerprint density at radius 3 is 3.00 bits per heavy atom. The van der Waals surface area contributed by atoms with Crippen LogP contribution in [0.2, 0.25) is 0 Å². The van der Waals surface area contributed by atoms with Crippen molar-refractivity contribution in [1.82, 2.24) is 10.2 Å². The third-order valence-corrected chi connectivity index (χ3v) is 3.03. The topological polar surface area (TPSA) is 92.0 Å². The Balaban J connectivity index is 1.84. The van der Waals surface area contributed by atoms with Crippen LogP contribution in [0.1, 0.15) is 22.7 Å². The molecule has 1 aliphatic heterocycles. The fourth-order valence-corrected chi connectivity index (χ4v) is 2.12. The van der Waals surface area contributed by atoms with Gasteiger partial charge < -0.3 is 19.6 Å². The number of nitrogens with one attached hydrogen (secondary N) is 1. The molecule has 7 heteroatoms. The second-order valence-electron chi connectivity index (χ2n) is 4.43. The van der Waals surface area contributed by atoms with E-state index in [0.29, 0.717) is 18.8 Å². The predicted molar refractivity (Wildman–Crippen MR) is 64.9 cm³/mol. The number of aromatic carboxylic acids is 1. The Hall–Kier alpha value is -2.02. The lowest BCUT2D eigenvalue weighted by atomic mass is 10.3. The molecule has 1 amide bonds. The lowest BCUT2D eigenvalue weighted by Crippen LogP contribution is -2.36. The number of carboxylic acids is 1. The molecule has 7 nitrogen and oxygen atoms in total. The molecular formula is C12H16N2O5. The summed E-state index contributed by atoms with van der Waals surface area (Å²) in [6.45, 7) is 2.04. The van der Waals surface area contributed by atoms with E-state index < -0.39 is 12.1 Å². The summed E-state index contributed by atoms with van der Waals surface area (Å²) >= 11 is 0. The Morgan fingerprint density at radius 2 is 2.37 bits per heavy atom. The molecule has 1 fully saturated rings. The van der Waals surface area contributed by atoms with Crippen LogP contribution >= 0.6 is 0 Å². The summed E-state index contributed by atoms with van der Waals surface area (Å²) in [5.41, 5.74) is 0. The van der Waals surface area contributed by atoms with E-state index in [9.17, 15) is 9.59 Å². The van der Waals surface area contributed by atoms with Crippen molar-refractivity contribution >= 4 is 12.1 Å². The number of likely N-dealkylation sites (tertiary alicyclic amines) is 1. The van der Waals surface area contributed by atoms with Crippen LogP contribution in [0.3, 0.4) is 0 Å². The molecule has 0 saturated carbocycles. The highest BCUT2D eigenvalue weighted by atomic mass is 16.5. The van der Waals surface area contributed by atoms with Crippen molar-refractivity contribution in [1.29, 1.82) is 0 Å². The summed E-state index contributed by atoms with van der Waals surface area (Å²) in [6.07, 6.45) is 0.403. The molecule has 2 N–H and O–H groups in total. The van der Waals surface area contributed by atoms with Crippen LogP contribution in [0.5, 0.6) is 0 Å². The summed E-state index contributed by atoms with van der Waals surface area (Å²) in [6, 6.07) is 3.16. The van der Waals surface area contributed by atoms with Crippen LogP contribution in [-0.2, 0) is 11.3 Å². The van der Waals surface area contributed by atoms with Gasteiger partial charge in [0, 0.05) is 19.1 Å². The zero-order valence-electron chi connectivity index (χ0n) is 10.6. The number of methoxy groups -OCH3 is 1. The van der Waals surface area contributed by atoms with Crippen molar-refractivity contribution in [3.05, 3.63) is 23.7 Å². The molecule has 1 aromatic heterocycles. The van der Waals surface area contributed by atoms with Gasteiger partial charge in [-0.05, 0) is 18.6 Å². The molecule has 1 atom stereocenters. The van der Waals surface area contributed by atoms with Gasteiger partial charge in [0.15, 0.2) is 0 Å². The van der Waals surface area contributed by atoms with Gasteiger partial charge in [-0.3, -0.25) is 4.90 Å². The first-order valence-electron chi connectivity index (χ1n) is 5.97. The maximum Gasteiger partial charge on any atom is 0.407 e. The van der Waals surface area contributed by atoms with E-state index in [1.807, 2.05) is 0 Å². The first-order valence-corrected chi connectivity index (χ1v) is 5.97. The van der Waals surface area contributed by atoms with E-state index in [2.05, 4.69) is 15.0 Å². The van der Waals surface area contributed by atoms with Gasteiger partial charge in [0.1, 0.15) is 5.76 Å². The van der Waals surface area contributed by atoms with E-state index in [-0.39, 0.29) is 11.8 Å². The highest BCUT2D eigenvalue weighted by Crippen LogP contribution is 2.15. The predicted octanol–water partition coefficient (Wildman–Crippen LogP) is 0.908. The van der Waals surface area contributed by atoms with Gasteiger partial charge in [-0.15, -0.1) is 0 Å². The van der Waals surface area contributed by atoms with Crippen LogP contribution < -0.4 is 5.32 Å². The number of ether oxygens (including phenoxy) is 1. The fourth-order valence-electron chi connectivity index (χ4n) is 2.12. The number of hydrogen-bond acceptors (Lipinski definition) is 5. The molecule has 1 unspecified atom stereocenters. The largest absolute Gasteiger partial charge is 0.475 e. The van der Waals surface area contributed by atoms with Gasteiger partial charge >= 0.3 is 12.1 Å². The van der Waals surface area contributed by atoms with Gasteiger partial charge in [0.05, 0.1) is 13.7 Å². The van der Waals surface area contributed by atoms with Gasteiger partial charge in [0.2, 0.25) is 5.76 Å². The average Bonchev–Trinajstić information content (AvgIpc) is 2.99. The first kappa shape index (κ1) is 13.4. The van der Waals surface area contributed by atoms with Crippen LogP contribution in [0, 0.1) is 0 Å². The van der Waals surface area contributed by atoms with Gasteiger partial charge in [0.25, 0.3) is 0 Å². The number of carboxylic acid groups (broad SMARTS) is 1. The molecule has 2 rings (SSSR count). The number of rotatable bonds is 4. The van der Waals surface area contributed by atoms with E-state index in [1.165, 1.54) is 13.2 Å². The smallest absolute Gasteiger partial charge is 0.407 e. The molecule has 1 saturated heterocycles. The van der Waals surface area contributed by atoms with E-state index >= 15 is 0 Å². The number of alkyl carbamates (subject to hydrolysis) is 1. The van der Waals surface area contributed by atoms with Crippen LogP contribution in [0.25, 0.3) is 0 Å². The molecule has 1 aromatic rings. The van der Waals surface area contributed by atoms with Gasteiger partial charge in [-0.1, -0.05) is 0 Å². The minimum Gasteiger partial charge on any atom is -0.475 e. The van der Waals surface area contributed by atoms with Crippen molar-refractivity contribution in [3.63, 3.8) is 0 Å². The second kappa shape index (κ2) is 5.75. The maximum atomic E-state index is 11.1. The molecule has 0 aliphatic carbocycles. The molecule has 2 heterocycles. The molecule has 0 bridgehead atoms. The third-order valence-electron chi connectivity index (χ3n) is 3.03. The molecule has 0 radical (unpaired) electrons. The molecule has 19 heavy (non-hydrogen) atoms. The lowest BCUT2D eigenvalue weighted by Gasteiger charge is -2.14. The number of carbonyl (C=O) groups excluding carboxylic acids is 1. The monoisotopic (exact) mass is 268 g/mol. The average molecular weight is 268 g/mol. The van der Waals surface area contributed by atoms with Crippen LogP contribution in [0.4, 0.5) is 4.79 Å². The first-order chi connectivity index (χ1) is 9.08. The number of hydrogen-bond donors (Lipinski definition) is 2. The Morgan fingerprint density at radius 1 is 1.58 bits per heavy atom. The molecule has 104 valence electrons. The molecule has 0 spiro atoms. The summed E-state index contributed by atoms with van der Waals surface area (Å²) in [5, 5.41) is 11.5. The Kier molecular flexibility index (Phi) is 4.06. The van der Waals surface area contributed by atoms with E-state index in [4.69, 9.17) is 9.52 Å². The van der Waals surface area contributed by atoms with Crippen molar-refractivity contribution in [2.45, 2.75) is 19.0 Å². The highest BCUT2D eigenvalue weighted by Gasteiger charge is 2.25. The maximum absolute atomic E-state index is 11.1. The number of furan rings is 1. The van der Waals surface area contributed by atoms with Crippen molar-refractivity contribution in [3.8, 4) is 0 Å². The van der Waals surface area contributed by atoms with Crippen molar-refractivity contribution < 1.29 is 23.8 Å². The lowest BCUT2D eigenvalue weighted by molar-refractivity contribution is 0.0658. The van der Waals surface area contributed by atoms with Crippen molar-refractivity contribution in [2.24, 2.45) is 0 Å². The normalized spacial score (nSPS) is 19.3. The highest BCUT2D eigenvalue weighted by molar-refractivity contribution is 5.84.